The maximum absolute atomic E-state index is 12.6. The van der Waals surface area contributed by atoms with E-state index >= 15 is 0 Å². The van der Waals surface area contributed by atoms with E-state index in [-0.39, 0.29) is 18.0 Å². The van der Waals surface area contributed by atoms with Crippen LogP contribution in [0, 0.1) is 0 Å². The van der Waals surface area contributed by atoms with Gasteiger partial charge in [-0.05, 0) is 30.5 Å². The van der Waals surface area contributed by atoms with Gasteiger partial charge in [-0.3, -0.25) is 4.79 Å². The molecule has 3 N–H and O–H groups in total. The summed E-state index contributed by atoms with van der Waals surface area (Å²) in [4.78, 5) is 13.8. The smallest absolute Gasteiger partial charge is 0.275 e. The first-order chi connectivity index (χ1) is 13.7. The van der Waals surface area contributed by atoms with Gasteiger partial charge >= 0.3 is 0 Å². The molecule has 0 saturated heterocycles. The standard InChI is InChI=1S/C23H22N2O2S/c1-16(20-14-18-10-5-6-11-19(18)27-20)25-22(26)15-24-23(21-12-7-13-28-21)17-8-3-2-4-9-17/h2-14,16,23-24H,15H2,1H3,(H,25,26)/p+1/t16-,23+/m1/s1. The SMILES string of the molecule is C[C@@H](NC(=O)C[NH2+][C@@H](c1ccccc1)c1cccs1)c1cc2ccccc2o1. The number of amides is 1. The van der Waals surface area contributed by atoms with Crippen LogP contribution in [0.4, 0.5) is 0 Å². The fraction of sp³-hybridized carbons (Fsp3) is 0.174. The molecular weight excluding hydrogens is 368 g/mol. The minimum atomic E-state index is -0.176. The maximum atomic E-state index is 12.6. The molecule has 0 spiro atoms. The molecule has 2 atom stereocenters. The molecule has 0 saturated carbocycles. The van der Waals surface area contributed by atoms with Crippen LogP contribution < -0.4 is 10.6 Å². The molecule has 2 aromatic carbocycles. The molecule has 0 radical (unpaired) electrons. The summed E-state index contributed by atoms with van der Waals surface area (Å²) in [6.07, 6.45) is 0. The van der Waals surface area contributed by atoms with E-state index in [0.717, 1.165) is 16.7 Å². The van der Waals surface area contributed by atoms with Crippen LogP contribution in [0.25, 0.3) is 11.0 Å². The van der Waals surface area contributed by atoms with Crippen LogP contribution in [-0.4, -0.2) is 12.5 Å². The molecular formula is C23H23N2O2S+. The summed E-state index contributed by atoms with van der Waals surface area (Å²) < 4.78 is 5.86. The number of para-hydroxylation sites is 1. The number of thiophene rings is 1. The molecule has 4 rings (SSSR count). The average Bonchev–Trinajstić information content (AvgIpc) is 3.39. The lowest BCUT2D eigenvalue weighted by Gasteiger charge is -2.16. The van der Waals surface area contributed by atoms with Crippen LogP contribution in [0.3, 0.4) is 0 Å². The largest absolute Gasteiger partial charge is 0.459 e. The molecule has 5 heteroatoms. The Balaban J connectivity index is 1.41. The highest BCUT2D eigenvalue weighted by Crippen LogP contribution is 2.24. The molecule has 4 aromatic rings. The number of carbonyl (C=O) groups excluding carboxylic acids is 1. The molecule has 0 aliphatic carbocycles. The molecule has 4 nitrogen and oxygen atoms in total. The van der Waals surface area contributed by atoms with E-state index < -0.39 is 0 Å². The van der Waals surface area contributed by atoms with E-state index in [0.29, 0.717) is 6.54 Å². The Kier molecular flexibility index (Phi) is 5.55. The maximum Gasteiger partial charge on any atom is 0.275 e. The van der Waals surface area contributed by atoms with Crippen LogP contribution in [0.15, 0.2) is 82.6 Å². The third-order valence-electron chi connectivity index (χ3n) is 4.80. The number of hydrogen-bond acceptors (Lipinski definition) is 3. The summed E-state index contributed by atoms with van der Waals surface area (Å²) in [6.45, 7) is 2.30. The van der Waals surface area contributed by atoms with Crippen molar-refractivity contribution in [2.24, 2.45) is 0 Å². The van der Waals surface area contributed by atoms with Crippen molar-refractivity contribution >= 4 is 28.2 Å². The van der Waals surface area contributed by atoms with Crippen molar-refractivity contribution < 1.29 is 14.5 Å². The zero-order valence-electron chi connectivity index (χ0n) is 15.7. The third kappa shape index (κ3) is 4.16. The van der Waals surface area contributed by atoms with Gasteiger partial charge in [0, 0.05) is 10.9 Å². The predicted molar refractivity (Wildman–Crippen MR) is 112 cm³/mol. The van der Waals surface area contributed by atoms with Gasteiger partial charge in [-0.25, -0.2) is 0 Å². The Morgan fingerprint density at radius 1 is 1.07 bits per heavy atom. The Morgan fingerprint density at radius 2 is 1.86 bits per heavy atom. The van der Waals surface area contributed by atoms with Crippen molar-refractivity contribution in [2.75, 3.05) is 6.54 Å². The second kappa shape index (κ2) is 8.42. The lowest BCUT2D eigenvalue weighted by molar-refractivity contribution is -0.676. The first-order valence-electron chi connectivity index (χ1n) is 9.40. The van der Waals surface area contributed by atoms with Gasteiger partial charge in [0.25, 0.3) is 5.91 Å². The highest BCUT2D eigenvalue weighted by Gasteiger charge is 2.21. The number of hydrogen-bond donors (Lipinski definition) is 2. The Hall–Kier alpha value is -2.89. The Morgan fingerprint density at radius 3 is 2.61 bits per heavy atom. The van der Waals surface area contributed by atoms with Crippen molar-refractivity contribution in [3.63, 3.8) is 0 Å². The van der Waals surface area contributed by atoms with Gasteiger partial charge in [0.15, 0.2) is 6.54 Å². The number of nitrogens with two attached hydrogens (primary N) is 1. The lowest BCUT2D eigenvalue weighted by Crippen LogP contribution is -2.87. The van der Waals surface area contributed by atoms with E-state index in [9.17, 15) is 4.79 Å². The molecule has 0 unspecified atom stereocenters. The summed E-state index contributed by atoms with van der Waals surface area (Å²) in [6, 6.07) is 24.3. The van der Waals surface area contributed by atoms with Gasteiger partial charge in [0.05, 0.1) is 10.9 Å². The fourth-order valence-electron chi connectivity index (χ4n) is 3.36. The second-order valence-electron chi connectivity index (χ2n) is 6.82. The highest BCUT2D eigenvalue weighted by atomic mass is 32.1. The van der Waals surface area contributed by atoms with E-state index in [1.165, 1.54) is 10.4 Å². The topological polar surface area (TPSA) is 58.9 Å². The van der Waals surface area contributed by atoms with Crippen LogP contribution in [0.5, 0.6) is 0 Å². The monoisotopic (exact) mass is 391 g/mol. The van der Waals surface area contributed by atoms with Crippen molar-refractivity contribution in [3.05, 3.63) is 94.4 Å². The van der Waals surface area contributed by atoms with Gasteiger partial charge < -0.3 is 15.1 Å². The summed E-state index contributed by atoms with van der Waals surface area (Å²) in [5.41, 5.74) is 2.04. The fourth-order valence-corrected chi connectivity index (χ4v) is 4.21. The molecule has 2 heterocycles. The average molecular weight is 392 g/mol. The molecule has 1 amide bonds. The summed E-state index contributed by atoms with van der Waals surface area (Å²) in [5, 5.41) is 8.25. The molecule has 0 bridgehead atoms. The molecule has 2 aromatic heterocycles. The number of carbonyl (C=O) groups is 1. The molecule has 0 aliphatic rings. The number of furan rings is 1. The van der Waals surface area contributed by atoms with E-state index in [4.69, 9.17) is 4.42 Å². The van der Waals surface area contributed by atoms with Crippen molar-refractivity contribution in [2.45, 2.75) is 19.0 Å². The Labute approximate surface area is 168 Å². The highest BCUT2D eigenvalue weighted by molar-refractivity contribution is 7.10. The van der Waals surface area contributed by atoms with Gasteiger partial charge in [0.2, 0.25) is 0 Å². The lowest BCUT2D eigenvalue weighted by atomic mass is 10.1. The van der Waals surface area contributed by atoms with Crippen LogP contribution in [-0.2, 0) is 4.79 Å². The Bertz CT molecular complexity index is 1010. The molecule has 142 valence electrons. The molecule has 0 fully saturated rings. The van der Waals surface area contributed by atoms with Crippen LogP contribution >= 0.6 is 11.3 Å². The van der Waals surface area contributed by atoms with Crippen LogP contribution in [0.1, 0.15) is 35.2 Å². The summed E-state index contributed by atoms with van der Waals surface area (Å²) in [5.74, 6) is 0.762. The van der Waals surface area contributed by atoms with Gasteiger partial charge in [-0.1, -0.05) is 54.6 Å². The number of fused-ring (bicyclic) bond motifs is 1. The second-order valence-corrected chi connectivity index (χ2v) is 7.80. The summed E-state index contributed by atoms with van der Waals surface area (Å²) in [7, 11) is 0. The first-order valence-corrected chi connectivity index (χ1v) is 10.3. The van der Waals surface area contributed by atoms with E-state index in [1.54, 1.807) is 11.3 Å². The predicted octanol–water partition coefficient (Wildman–Crippen LogP) is 4.02. The number of benzene rings is 2. The van der Waals surface area contributed by atoms with Crippen LogP contribution in [0.2, 0.25) is 0 Å². The normalized spacial score (nSPS) is 13.3. The summed E-state index contributed by atoms with van der Waals surface area (Å²) >= 11 is 1.71. The zero-order chi connectivity index (χ0) is 19.3. The van der Waals surface area contributed by atoms with Crippen molar-refractivity contribution in [1.29, 1.82) is 0 Å². The zero-order valence-corrected chi connectivity index (χ0v) is 16.5. The minimum Gasteiger partial charge on any atom is -0.459 e. The van der Waals surface area contributed by atoms with E-state index in [1.807, 2.05) is 61.5 Å². The first kappa shape index (κ1) is 18.5. The number of quaternary nitrogens is 1. The molecule has 28 heavy (non-hydrogen) atoms. The molecule has 0 aliphatic heterocycles. The van der Waals surface area contributed by atoms with Crippen molar-refractivity contribution in [3.8, 4) is 0 Å². The number of nitrogens with one attached hydrogen (secondary N) is 1. The number of rotatable bonds is 7. The van der Waals surface area contributed by atoms with Gasteiger partial charge in [-0.15, -0.1) is 11.3 Å². The quantitative estimate of drug-likeness (QED) is 0.500. The third-order valence-corrected chi connectivity index (χ3v) is 5.75. The van der Waals surface area contributed by atoms with E-state index in [2.05, 4.69) is 34.2 Å². The van der Waals surface area contributed by atoms with Gasteiger partial charge in [0.1, 0.15) is 17.4 Å². The van der Waals surface area contributed by atoms with Crippen molar-refractivity contribution in [1.82, 2.24) is 5.32 Å². The minimum absolute atomic E-state index is 0.00885. The van der Waals surface area contributed by atoms with Gasteiger partial charge in [-0.2, -0.15) is 0 Å².